The lowest BCUT2D eigenvalue weighted by Gasteiger charge is -2.13. The van der Waals surface area contributed by atoms with Crippen LogP contribution in [0.3, 0.4) is 0 Å². The maximum absolute atomic E-state index is 13.2. The van der Waals surface area contributed by atoms with Crippen LogP contribution in [-0.4, -0.2) is 22.1 Å². The SMILES string of the molecule is C/C=C\C=C/C(=C(C)C)c1ccc(O)c(C(=O)Nc2cc(-c3ccccc3)ccc2C(=O)O)c1. The van der Waals surface area contributed by atoms with Gasteiger partial charge in [0, 0.05) is 0 Å². The first-order valence-electron chi connectivity index (χ1n) is 10.9. The van der Waals surface area contributed by atoms with Crippen LogP contribution in [-0.2, 0) is 0 Å². The van der Waals surface area contributed by atoms with Gasteiger partial charge in [0.25, 0.3) is 5.91 Å². The van der Waals surface area contributed by atoms with Gasteiger partial charge in [0.05, 0.1) is 16.8 Å². The van der Waals surface area contributed by atoms with E-state index < -0.39 is 11.9 Å². The van der Waals surface area contributed by atoms with Crippen LogP contribution in [0.25, 0.3) is 16.7 Å². The molecule has 0 aliphatic carbocycles. The number of hydrogen-bond acceptors (Lipinski definition) is 3. The third-order valence-corrected chi connectivity index (χ3v) is 5.26. The zero-order valence-corrected chi connectivity index (χ0v) is 19.4. The minimum absolute atomic E-state index is 0.0389. The molecule has 0 radical (unpaired) electrons. The number of carboxylic acids is 1. The van der Waals surface area contributed by atoms with E-state index in [0.717, 1.165) is 27.8 Å². The van der Waals surface area contributed by atoms with Gasteiger partial charge in [-0.1, -0.05) is 72.3 Å². The van der Waals surface area contributed by atoms with Gasteiger partial charge in [0.15, 0.2) is 0 Å². The molecule has 0 unspecified atom stereocenters. The molecule has 0 spiro atoms. The van der Waals surface area contributed by atoms with Gasteiger partial charge in [-0.3, -0.25) is 4.79 Å². The lowest BCUT2D eigenvalue weighted by molar-refractivity contribution is 0.0698. The zero-order chi connectivity index (χ0) is 24.7. The second-order valence-electron chi connectivity index (χ2n) is 7.92. The first kappa shape index (κ1) is 24.3. The fraction of sp³-hybridized carbons (Fsp3) is 0.103. The largest absolute Gasteiger partial charge is 0.507 e. The Morgan fingerprint density at radius 2 is 1.59 bits per heavy atom. The topological polar surface area (TPSA) is 86.6 Å². The highest BCUT2D eigenvalue weighted by molar-refractivity contribution is 6.10. The van der Waals surface area contributed by atoms with Crippen LogP contribution in [0.1, 0.15) is 47.1 Å². The predicted molar refractivity (Wildman–Crippen MR) is 137 cm³/mol. The highest BCUT2D eigenvalue weighted by Gasteiger charge is 2.18. The number of benzene rings is 3. The summed E-state index contributed by atoms with van der Waals surface area (Å²) in [6.45, 7) is 5.86. The molecule has 0 saturated heterocycles. The van der Waals surface area contributed by atoms with Gasteiger partial charge < -0.3 is 15.5 Å². The molecule has 3 aromatic carbocycles. The Morgan fingerprint density at radius 1 is 0.853 bits per heavy atom. The molecule has 172 valence electrons. The number of nitrogens with one attached hydrogen (secondary N) is 1. The van der Waals surface area contributed by atoms with Crippen LogP contribution in [0.2, 0.25) is 0 Å². The third-order valence-electron chi connectivity index (χ3n) is 5.26. The molecular formula is C29H27NO4. The Kier molecular flexibility index (Phi) is 7.83. The van der Waals surface area contributed by atoms with E-state index in [1.54, 1.807) is 24.3 Å². The van der Waals surface area contributed by atoms with Crippen LogP contribution in [0.4, 0.5) is 5.69 Å². The summed E-state index contributed by atoms with van der Waals surface area (Å²) in [6.07, 6.45) is 7.67. The Balaban J connectivity index is 2.00. The number of allylic oxidation sites excluding steroid dienone is 6. The van der Waals surface area contributed by atoms with Crippen molar-refractivity contribution < 1.29 is 19.8 Å². The summed E-state index contributed by atoms with van der Waals surface area (Å²) in [6, 6.07) is 19.1. The summed E-state index contributed by atoms with van der Waals surface area (Å²) in [4.78, 5) is 24.9. The molecule has 3 N–H and O–H groups in total. The van der Waals surface area contributed by atoms with Crippen LogP contribution in [0.15, 0.2) is 96.6 Å². The second kappa shape index (κ2) is 11.0. The molecular weight excluding hydrogens is 426 g/mol. The van der Waals surface area contributed by atoms with Gasteiger partial charge in [0.1, 0.15) is 5.75 Å². The molecule has 3 rings (SSSR count). The lowest BCUT2D eigenvalue weighted by Crippen LogP contribution is -2.15. The summed E-state index contributed by atoms with van der Waals surface area (Å²) in [5.74, 6) is -1.95. The van der Waals surface area contributed by atoms with Gasteiger partial charge in [-0.05, 0) is 67.3 Å². The minimum atomic E-state index is -1.16. The molecule has 0 aromatic heterocycles. The molecule has 3 aromatic rings. The number of phenols is 1. The number of aromatic hydroxyl groups is 1. The number of phenolic OH excluding ortho intramolecular Hbond substituents is 1. The van der Waals surface area contributed by atoms with Crippen molar-refractivity contribution >= 4 is 23.1 Å². The zero-order valence-electron chi connectivity index (χ0n) is 19.4. The second-order valence-corrected chi connectivity index (χ2v) is 7.92. The normalized spacial score (nSPS) is 11.0. The van der Waals surface area contributed by atoms with Gasteiger partial charge in [-0.25, -0.2) is 4.79 Å². The number of amides is 1. The summed E-state index contributed by atoms with van der Waals surface area (Å²) < 4.78 is 0. The van der Waals surface area contributed by atoms with Gasteiger partial charge >= 0.3 is 5.97 Å². The smallest absolute Gasteiger partial charge is 0.337 e. The lowest BCUT2D eigenvalue weighted by atomic mass is 9.97. The van der Waals surface area contributed by atoms with Crippen molar-refractivity contribution in [2.45, 2.75) is 20.8 Å². The summed E-state index contributed by atoms with van der Waals surface area (Å²) >= 11 is 0. The predicted octanol–water partition coefficient (Wildman–Crippen LogP) is 6.94. The van der Waals surface area contributed by atoms with Crippen molar-refractivity contribution in [3.8, 4) is 16.9 Å². The van der Waals surface area contributed by atoms with E-state index >= 15 is 0 Å². The summed E-state index contributed by atoms with van der Waals surface area (Å²) in [5.41, 5.74) is 4.55. The van der Waals surface area contributed by atoms with E-state index in [9.17, 15) is 19.8 Å². The average molecular weight is 454 g/mol. The van der Waals surface area contributed by atoms with Crippen molar-refractivity contribution in [2.24, 2.45) is 0 Å². The maximum Gasteiger partial charge on any atom is 0.337 e. The molecule has 5 nitrogen and oxygen atoms in total. The molecule has 0 bridgehead atoms. The van der Waals surface area contributed by atoms with Gasteiger partial charge in [0.2, 0.25) is 0 Å². The maximum atomic E-state index is 13.2. The number of carbonyl (C=O) groups excluding carboxylic acids is 1. The highest BCUT2D eigenvalue weighted by atomic mass is 16.4. The van der Waals surface area contributed by atoms with Crippen molar-refractivity contribution in [1.82, 2.24) is 0 Å². The fourth-order valence-electron chi connectivity index (χ4n) is 3.53. The Labute approximate surface area is 199 Å². The minimum Gasteiger partial charge on any atom is -0.507 e. The van der Waals surface area contributed by atoms with Gasteiger partial charge in [-0.2, -0.15) is 0 Å². The van der Waals surface area contributed by atoms with Crippen molar-refractivity contribution in [1.29, 1.82) is 0 Å². The number of anilines is 1. The van der Waals surface area contributed by atoms with Crippen LogP contribution < -0.4 is 5.32 Å². The van der Waals surface area contributed by atoms with E-state index in [0.29, 0.717) is 0 Å². The summed E-state index contributed by atoms with van der Waals surface area (Å²) in [7, 11) is 0. The molecule has 0 aliphatic rings. The molecule has 1 amide bonds. The molecule has 0 saturated carbocycles. The molecule has 0 atom stereocenters. The standard InChI is InChI=1S/C29H27NO4/c1-4-5-7-12-23(19(2)3)22-14-16-27(31)25(17-22)28(32)30-26-18-21(13-15-24(26)29(33)34)20-10-8-6-9-11-20/h4-18,31H,1-3H3,(H,30,32)(H,33,34)/b5-4-,12-7-. The van der Waals surface area contributed by atoms with Crippen LogP contribution in [0, 0.1) is 0 Å². The number of rotatable bonds is 7. The molecule has 0 aliphatic heterocycles. The van der Waals surface area contributed by atoms with E-state index in [2.05, 4.69) is 5.32 Å². The molecule has 0 heterocycles. The van der Waals surface area contributed by atoms with Crippen LogP contribution >= 0.6 is 0 Å². The number of carbonyl (C=O) groups is 2. The Bertz CT molecular complexity index is 1300. The Morgan fingerprint density at radius 3 is 2.24 bits per heavy atom. The molecule has 0 fully saturated rings. The third kappa shape index (κ3) is 5.70. The average Bonchev–Trinajstić information content (AvgIpc) is 2.82. The van der Waals surface area contributed by atoms with Crippen molar-refractivity contribution in [2.75, 3.05) is 5.32 Å². The van der Waals surface area contributed by atoms with Crippen LogP contribution in [0.5, 0.6) is 5.75 Å². The number of hydrogen-bond donors (Lipinski definition) is 3. The van der Waals surface area contributed by atoms with E-state index in [-0.39, 0.29) is 22.6 Å². The number of aromatic carboxylic acids is 1. The van der Waals surface area contributed by atoms with E-state index in [1.165, 1.54) is 12.1 Å². The van der Waals surface area contributed by atoms with Crippen molar-refractivity contribution in [3.05, 3.63) is 113 Å². The van der Waals surface area contributed by atoms with Gasteiger partial charge in [-0.15, -0.1) is 0 Å². The van der Waals surface area contributed by atoms with Crippen molar-refractivity contribution in [3.63, 3.8) is 0 Å². The number of carboxylic acid groups (broad SMARTS) is 1. The molecule has 5 heteroatoms. The quantitative estimate of drug-likeness (QED) is 0.338. The first-order chi connectivity index (χ1) is 16.3. The van der Waals surface area contributed by atoms with E-state index in [1.807, 2.05) is 75.4 Å². The molecule has 34 heavy (non-hydrogen) atoms. The Hall–Kier alpha value is -4.38. The van der Waals surface area contributed by atoms with E-state index in [4.69, 9.17) is 0 Å². The highest BCUT2D eigenvalue weighted by Crippen LogP contribution is 2.29. The first-order valence-corrected chi connectivity index (χ1v) is 10.9. The monoisotopic (exact) mass is 453 g/mol. The summed E-state index contributed by atoms with van der Waals surface area (Å²) in [5, 5.41) is 22.7. The fourth-order valence-corrected chi connectivity index (χ4v) is 3.53.